The number of benzene rings is 1. The highest BCUT2D eigenvalue weighted by Gasteiger charge is 2.34. The summed E-state index contributed by atoms with van der Waals surface area (Å²) in [5.41, 5.74) is 1.55. The summed E-state index contributed by atoms with van der Waals surface area (Å²) in [5, 5.41) is 15.6. The van der Waals surface area contributed by atoms with Gasteiger partial charge in [0.05, 0.1) is 25.3 Å². The van der Waals surface area contributed by atoms with E-state index in [-0.39, 0.29) is 11.8 Å². The number of hydrogen-bond acceptors (Lipinski definition) is 6. The van der Waals surface area contributed by atoms with Gasteiger partial charge in [-0.05, 0) is 50.6 Å². The molecule has 0 bridgehead atoms. The van der Waals surface area contributed by atoms with Gasteiger partial charge in [-0.1, -0.05) is 18.9 Å². The molecule has 1 aromatic carbocycles. The minimum atomic E-state index is -0.696. The largest absolute Gasteiger partial charge is 0.504 e. The summed E-state index contributed by atoms with van der Waals surface area (Å²) < 4.78 is 10.5. The normalized spacial score (nSPS) is 20.5. The number of phenols is 1. The second kappa shape index (κ2) is 9.65. The summed E-state index contributed by atoms with van der Waals surface area (Å²) >= 11 is 0. The SMILES string of the molecule is CCOc1cc([C@H]2NC(=O)NC(CN3CCCCCC3)=C2C(=O)OC)ccc1O. The summed E-state index contributed by atoms with van der Waals surface area (Å²) in [7, 11) is 1.33. The fraction of sp³-hybridized carbons (Fsp3) is 0.524. The van der Waals surface area contributed by atoms with E-state index in [0.29, 0.717) is 35.7 Å². The van der Waals surface area contributed by atoms with Crippen LogP contribution >= 0.6 is 0 Å². The molecule has 1 saturated heterocycles. The van der Waals surface area contributed by atoms with Crippen molar-refractivity contribution in [2.75, 3.05) is 33.4 Å². The Hall–Kier alpha value is -2.74. The summed E-state index contributed by atoms with van der Waals surface area (Å²) in [6, 6.07) is 3.73. The molecule has 1 atom stereocenters. The maximum absolute atomic E-state index is 12.7. The minimum Gasteiger partial charge on any atom is -0.504 e. The van der Waals surface area contributed by atoms with Crippen LogP contribution < -0.4 is 15.4 Å². The first-order valence-electron chi connectivity index (χ1n) is 10.1. The first-order chi connectivity index (χ1) is 14.0. The molecule has 0 saturated carbocycles. The molecule has 0 aromatic heterocycles. The average Bonchev–Trinajstić information content (AvgIpc) is 2.97. The summed E-state index contributed by atoms with van der Waals surface area (Å²) in [4.78, 5) is 27.3. The zero-order chi connectivity index (χ0) is 20.8. The van der Waals surface area contributed by atoms with Crippen LogP contribution in [-0.4, -0.2) is 55.4 Å². The van der Waals surface area contributed by atoms with E-state index in [1.807, 2.05) is 6.92 Å². The van der Waals surface area contributed by atoms with Gasteiger partial charge in [0.15, 0.2) is 11.5 Å². The Kier molecular flexibility index (Phi) is 6.98. The second-order valence-corrected chi connectivity index (χ2v) is 7.27. The number of ether oxygens (including phenoxy) is 2. The van der Waals surface area contributed by atoms with Gasteiger partial charge in [0, 0.05) is 12.2 Å². The molecule has 8 nitrogen and oxygen atoms in total. The number of likely N-dealkylation sites (tertiary alicyclic amines) is 1. The van der Waals surface area contributed by atoms with Crippen molar-refractivity contribution in [1.29, 1.82) is 0 Å². The number of aromatic hydroxyl groups is 1. The topological polar surface area (TPSA) is 100 Å². The lowest BCUT2D eigenvalue weighted by Gasteiger charge is -2.31. The third-order valence-electron chi connectivity index (χ3n) is 5.26. The van der Waals surface area contributed by atoms with E-state index in [0.717, 1.165) is 25.9 Å². The Morgan fingerprint density at radius 2 is 1.97 bits per heavy atom. The van der Waals surface area contributed by atoms with Crippen molar-refractivity contribution in [2.24, 2.45) is 0 Å². The number of esters is 1. The van der Waals surface area contributed by atoms with Crippen molar-refractivity contribution >= 4 is 12.0 Å². The summed E-state index contributed by atoms with van der Waals surface area (Å²) in [6.07, 6.45) is 4.60. The molecule has 2 heterocycles. The standard InChI is InChI=1S/C21H29N3O5/c1-3-29-17-12-14(8-9-16(17)25)19-18(20(26)28-2)15(22-21(27)23-19)13-24-10-6-4-5-7-11-24/h8-9,12,19,25H,3-7,10-11,13H2,1-2H3,(H2,22,23,27)/t19-/m1/s1. The van der Waals surface area contributed by atoms with E-state index in [4.69, 9.17) is 9.47 Å². The van der Waals surface area contributed by atoms with Crippen molar-refractivity contribution in [3.63, 3.8) is 0 Å². The van der Waals surface area contributed by atoms with Crippen LogP contribution in [0.2, 0.25) is 0 Å². The molecule has 3 N–H and O–H groups in total. The van der Waals surface area contributed by atoms with E-state index in [1.165, 1.54) is 26.0 Å². The van der Waals surface area contributed by atoms with E-state index >= 15 is 0 Å². The molecule has 2 aliphatic rings. The number of nitrogens with one attached hydrogen (secondary N) is 2. The second-order valence-electron chi connectivity index (χ2n) is 7.27. The van der Waals surface area contributed by atoms with Crippen LogP contribution in [0.5, 0.6) is 11.5 Å². The number of urea groups is 1. The number of amides is 2. The number of rotatable bonds is 6. The van der Waals surface area contributed by atoms with Gasteiger partial charge in [0.25, 0.3) is 0 Å². The van der Waals surface area contributed by atoms with E-state index in [2.05, 4.69) is 15.5 Å². The van der Waals surface area contributed by atoms with Crippen molar-refractivity contribution in [2.45, 2.75) is 38.6 Å². The lowest BCUT2D eigenvalue weighted by atomic mass is 9.94. The lowest BCUT2D eigenvalue weighted by Crippen LogP contribution is -2.48. The monoisotopic (exact) mass is 403 g/mol. The summed E-state index contributed by atoms with van der Waals surface area (Å²) in [6.45, 7) is 4.54. The van der Waals surface area contributed by atoms with Crippen LogP contribution in [0.4, 0.5) is 4.79 Å². The molecule has 2 aliphatic heterocycles. The van der Waals surface area contributed by atoms with Crippen LogP contribution in [0.15, 0.2) is 29.5 Å². The number of methoxy groups -OCH3 is 1. The van der Waals surface area contributed by atoms with Gasteiger partial charge in [-0.15, -0.1) is 0 Å². The number of nitrogens with zero attached hydrogens (tertiary/aromatic N) is 1. The van der Waals surface area contributed by atoms with Crippen LogP contribution in [0, 0.1) is 0 Å². The van der Waals surface area contributed by atoms with Crippen LogP contribution in [0.1, 0.15) is 44.2 Å². The third-order valence-corrected chi connectivity index (χ3v) is 5.26. The first-order valence-corrected chi connectivity index (χ1v) is 10.1. The number of hydrogen-bond donors (Lipinski definition) is 3. The van der Waals surface area contributed by atoms with Gasteiger partial charge in [0.1, 0.15) is 0 Å². The van der Waals surface area contributed by atoms with E-state index in [1.54, 1.807) is 12.1 Å². The van der Waals surface area contributed by atoms with Crippen LogP contribution in [0.25, 0.3) is 0 Å². The molecule has 2 amide bonds. The summed E-state index contributed by atoms with van der Waals surface area (Å²) in [5.74, 6) is -0.196. The highest BCUT2D eigenvalue weighted by atomic mass is 16.5. The quantitative estimate of drug-likeness (QED) is 0.631. The van der Waals surface area contributed by atoms with Crippen molar-refractivity contribution in [1.82, 2.24) is 15.5 Å². The van der Waals surface area contributed by atoms with Gasteiger partial charge < -0.3 is 25.2 Å². The fourth-order valence-electron chi connectivity index (χ4n) is 3.84. The van der Waals surface area contributed by atoms with Crippen molar-refractivity contribution < 1.29 is 24.2 Å². The first kappa shape index (κ1) is 21.0. The van der Waals surface area contributed by atoms with Gasteiger partial charge in [0.2, 0.25) is 0 Å². The molecular weight excluding hydrogens is 374 g/mol. The molecule has 0 aliphatic carbocycles. The van der Waals surface area contributed by atoms with Gasteiger partial charge in [-0.25, -0.2) is 9.59 Å². The van der Waals surface area contributed by atoms with E-state index in [9.17, 15) is 14.7 Å². The van der Waals surface area contributed by atoms with Gasteiger partial charge in [-0.2, -0.15) is 0 Å². The molecule has 158 valence electrons. The Morgan fingerprint density at radius 3 is 2.62 bits per heavy atom. The molecule has 3 rings (SSSR count). The van der Waals surface area contributed by atoms with Crippen molar-refractivity contribution in [3.05, 3.63) is 35.0 Å². The maximum atomic E-state index is 12.7. The number of carbonyl (C=O) groups is 2. The predicted molar refractivity (Wildman–Crippen MR) is 108 cm³/mol. The molecule has 0 spiro atoms. The fourth-order valence-corrected chi connectivity index (χ4v) is 3.84. The number of phenolic OH excluding ortho intramolecular Hbond substituents is 1. The molecule has 0 radical (unpaired) electrons. The molecule has 29 heavy (non-hydrogen) atoms. The Balaban J connectivity index is 1.98. The molecule has 1 fully saturated rings. The van der Waals surface area contributed by atoms with Gasteiger partial charge in [-0.3, -0.25) is 4.90 Å². The minimum absolute atomic E-state index is 0.00393. The predicted octanol–water partition coefficient (Wildman–Crippen LogP) is 2.45. The average molecular weight is 403 g/mol. The Bertz CT molecular complexity index is 785. The highest BCUT2D eigenvalue weighted by Crippen LogP contribution is 2.34. The Labute approximate surface area is 170 Å². The molecular formula is C21H29N3O5. The number of carbonyl (C=O) groups excluding carboxylic acids is 2. The van der Waals surface area contributed by atoms with Crippen molar-refractivity contribution in [3.8, 4) is 11.5 Å². The zero-order valence-corrected chi connectivity index (χ0v) is 17.0. The highest BCUT2D eigenvalue weighted by molar-refractivity contribution is 5.95. The van der Waals surface area contributed by atoms with Gasteiger partial charge >= 0.3 is 12.0 Å². The van der Waals surface area contributed by atoms with Crippen LogP contribution in [-0.2, 0) is 9.53 Å². The molecule has 0 unspecified atom stereocenters. The smallest absolute Gasteiger partial charge is 0.338 e. The van der Waals surface area contributed by atoms with Crippen LogP contribution in [0.3, 0.4) is 0 Å². The Morgan fingerprint density at radius 1 is 1.24 bits per heavy atom. The maximum Gasteiger partial charge on any atom is 0.338 e. The zero-order valence-electron chi connectivity index (χ0n) is 17.0. The lowest BCUT2D eigenvalue weighted by molar-refractivity contribution is -0.136. The molecule has 8 heteroatoms. The molecule has 1 aromatic rings. The third kappa shape index (κ3) is 5.00. The van der Waals surface area contributed by atoms with E-state index < -0.39 is 12.0 Å².